The predicted molar refractivity (Wildman–Crippen MR) is 80.1 cm³/mol. The first-order valence-electron chi connectivity index (χ1n) is 7.02. The maximum atomic E-state index is 11.7. The molecule has 0 heterocycles. The molecule has 1 aliphatic carbocycles. The van der Waals surface area contributed by atoms with Crippen LogP contribution >= 0.6 is 0 Å². The molecule has 112 valence electrons. The Bertz CT molecular complexity index is 436. The second kappa shape index (κ2) is 7.12. The molecule has 5 heteroatoms. The van der Waals surface area contributed by atoms with Crippen LogP contribution in [0.1, 0.15) is 40.0 Å². The molecular weight excluding hydrogens is 254 g/mol. The highest BCUT2D eigenvalue weighted by Gasteiger charge is 2.26. The third kappa shape index (κ3) is 5.07. The average Bonchev–Trinajstić information content (AvgIpc) is 2.33. The monoisotopic (exact) mass is 279 g/mol. The number of urea groups is 1. The number of nitrogens with one attached hydrogen (secondary N) is 2. The fourth-order valence-corrected chi connectivity index (χ4v) is 2.60. The number of allylic oxidation sites excluding steroid dienone is 3. The van der Waals surface area contributed by atoms with Crippen molar-refractivity contribution in [1.29, 1.82) is 0 Å². The lowest BCUT2D eigenvalue weighted by molar-refractivity contribution is -0.116. The second-order valence-electron chi connectivity index (χ2n) is 5.85. The van der Waals surface area contributed by atoms with E-state index in [0.29, 0.717) is 13.1 Å². The summed E-state index contributed by atoms with van der Waals surface area (Å²) in [4.78, 5) is 22.1. The van der Waals surface area contributed by atoms with Gasteiger partial charge in [-0.1, -0.05) is 25.5 Å². The van der Waals surface area contributed by atoms with Gasteiger partial charge in [-0.3, -0.25) is 4.79 Å². The first-order valence-corrected chi connectivity index (χ1v) is 7.02. The van der Waals surface area contributed by atoms with Gasteiger partial charge in [0.05, 0.1) is 0 Å². The van der Waals surface area contributed by atoms with Gasteiger partial charge in [0.15, 0.2) is 0 Å². The fraction of sp³-hybridized carbons (Fsp3) is 0.600. The molecule has 0 aromatic heterocycles. The summed E-state index contributed by atoms with van der Waals surface area (Å²) in [5.41, 5.74) is 7.68. The Hall–Kier alpha value is -1.78. The number of amides is 3. The van der Waals surface area contributed by atoms with E-state index in [0.717, 1.165) is 12.8 Å². The summed E-state index contributed by atoms with van der Waals surface area (Å²) >= 11 is 0. The number of carbonyl (C=O) groups excluding carboxylic acids is 2. The van der Waals surface area contributed by atoms with Crippen LogP contribution in [0.5, 0.6) is 0 Å². The topological polar surface area (TPSA) is 84.2 Å². The van der Waals surface area contributed by atoms with Gasteiger partial charge in [-0.05, 0) is 37.2 Å². The van der Waals surface area contributed by atoms with Gasteiger partial charge < -0.3 is 16.4 Å². The molecule has 0 radical (unpaired) electrons. The number of hydrogen-bond acceptors (Lipinski definition) is 2. The molecule has 0 bridgehead atoms. The number of primary amides is 1. The lowest BCUT2D eigenvalue weighted by Crippen LogP contribution is -2.36. The van der Waals surface area contributed by atoms with Crippen LogP contribution in [0.15, 0.2) is 23.3 Å². The van der Waals surface area contributed by atoms with E-state index in [-0.39, 0.29) is 11.3 Å². The standard InChI is InChI=1S/C15H25N3O2/c1-11-5-4-8-15(2,3)12(11)6-7-13(19)17-9-10-18-14(16)20/h6-7H,4-5,8-10H2,1-3H3,(H,17,19)(H3,16,18,20). The molecule has 0 unspecified atom stereocenters. The first-order chi connectivity index (χ1) is 9.33. The Balaban J connectivity index is 2.50. The van der Waals surface area contributed by atoms with E-state index in [1.807, 2.05) is 6.08 Å². The van der Waals surface area contributed by atoms with Crippen molar-refractivity contribution in [1.82, 2.24) is 10.6 Å². The highest BCUT2D eigenvalue weighted by Crippen LogP contribution is 2.40. The molecule has 0 aromatic carbocycles. The van der Waals surface area contributed by atoms with Crippen LogP contribution in [0, 0.1) is 5.41 Å². The predicted octanol–water partition coefficient (Wildman–Crippen LogP) is 1.85. The zero-order valence-electron chi connectivity index (χ0n) is 12.6. The minimum absolute atomic E-state index is 0.132. The molecule has 0 saturated carbocycles. The van der Waals surface area contributed by atoms with Crippen LogP contribution in [0.4, 0.5) is 4.79 Å². The van der Waals surface area contributed by atoms with Crippen molar-refractivity contribution in [3.63, 3.8) is 0 Å². The summed E-state index contributed by atoms with van der Waals surface area (Å²) in [5.74, 6) is -0.155. The quantitative estimate of drug-likeness (QED) is 0.530. The largest absolute Gasteiger partial charge is 0.352 e. The average molecular weight is 279 g/mol. The van der Waals surface area contributed by atoms with Crippen molar-refractivity contribution in [2.45, 2.75) is 40.0 Å². The molecule has 0 aromatic rings. The van der Waals surface area contributed by atoms with Crippen LogP contribution in [0.3, 0.4) is 0 Å². The Labute approximate surface area is 120 Å². The Morgan fingerprint density at radius 3 is 2.55 bits per heavy atom. The Kier molecular flexibility index (Phi) is 5.80. The number of hydrogen-bond donors (Lipinski definition) is 3. The van der Waals surface area contributed by atoms with Crippen LogP contribution in [-0.4, -0.2) is 25.0 Å². The van der Waals surface area contributed by atoms with Gasteiger partial charge in [0.1, 0.15) is 0 Å². The highest BCUT2D eigenvalue weighted by atomic mass is 16.2. The summed E-state index contributed by atoms with van der Waals surface area (Å²) in [6, 6.07) is -0.584. The molecule has 0 atom stereocenters. The van der Waals surface area contributed by atoms with Gasteiger partial charge >= 0.3 is 6.03 Å². The minimum atomic E-state index is -0.584. The third-order valence-corrected chi connectivity index (χ3v) is 3.67. The Morgan fingerprint density at radius 1 is 1.30 bits per heavy atom. The zero-order valence-corrected chi connectivity index (χ0v) is 12.6. The lowest BCUT2D eigenvalue weighted by atomic mass is 9.72. The van der Waals surface area contributed by atoms with E-state index >= 15 is 0 Å². The van der Waals surface area contributed by atoms with E-state index in [1.54, 1.807) is 6.08 Å². The van der Waals surface area contributed by atoms with Crippen molar-refractivity contribution in [2.24, 2.45) is 11.1 Å². The Morgan fingerprint density at radius 2 is 1.95 bits per heavy atom. The van der Waals surface area contributed by atoms with Crippen LogP contribution in [0.2, 0.25) is 0 Å². The maximum absolute atomic E-state index is 11.7. The van der Waals surface area contributed by atoms with Crippen molar-refractivity contribution in [3.8, 4) is 0 Å². The third-order valence-electron chi connectivity index (χ3n) is 3.67. The molecular formula is C15H25N3O2. The summed E-state index contributed by atoms with van der Waals surface area (Å²) in [7, 11) is 0. The van der Waals surface area contributed by atoms with Crippen molar-refractivity contribution in [3.05, 3.63) is 23.3 Å². The molecule has 0 spiro atoms. The van der Waals surface area contributed by atoms with Crippen molar-refractivity contribution >= 4 is 11.9 Å². The fourth-order valence-electron chi connectivity index (χ4n) is 2.60. The van der Waals surface area contributed by atoms with Crippen LogP contribution < -0.4 is 16.4 Å². The van der Waals surface area contributed by atoms with Gasteiger partial charge in [0.25, 0.3) is 0 Å². The molecule has 0 saturated heterocycles. The summed E-state index contributed by atoms with van der Waals surface area (Å²) in [6.07, 6.45) is 6.95. The number of carbonyl (C=O) groups is 2. The first kappa shape index (κ1) is 16.3. The molecule has 3 amide bonds. The molecule has 5 nitrogen and oxygen atoms in total. The molecule has 4 N–H and O–H groups in total. The summed E-state index contributed by atoms with van der Waals surface area (Å²) in [6.45, 7) is 7.26. The van der Waals surface area contributed by atoms with Gasteiger partial charge in [-0.15, -0.1) is 0 Å². The van der Waals surface area contributed by atoms with Gasteiger partial charge in [-0.25, -0.2) is 4.79 Å². The number of rotatable bonds is 5. The van der Waals surface area contributed by atoms with E-state index in [9.17, 15) is 9.59 Å². The normalized spacial score (nSPS) is 18.1. The lowest BCUT2D eigenvalue weighted by Gasteiger charge is -2.32. The van der Waals surface area contributed by atoms with Crippen molar-refractivity contribution < 1.29 is 9.59 Å². The van der Waals surface area contributed by atoms with Crippen molar-refractivity contribution in [2.75, 3.05) is 13.1 Å². The molecule has 0 fully saturated rings. The second-order valence-corrected chi connectivity index (χ2v) is 5.85. The van der Waals surface area contributed by atoms with Gasteiger partial charge in [-0.2, -0.15) is 0 Å². The molecule has 0 aliphatic heterocycles. The zero-order chi connectivity index (χ0) is 15.2. The minimum Gasteiger partial charge on any atom is -0.352 e. The van der Waals surface area contributed by atoms with E-state index in [1.165, 1.54) is 17.6 Å². The maximum Gasteiger partial charge on any atom is 0.312 e. The highest BCUT2D eigenvalue weighted by molar-refractivity contribution is 5.88. The molecule has 20 heavy (non-hydrogen) atoms. The molecule has 1 rings (SSSR count). The van der Waals surface area contributed by atoms with Gasteiger partial charge in [0.2, 0.25) is 5.91 Å². The summed E-state index contributed by atoms with van der Waals surface area (Å²) < 4.78 is 0. The van der Waals surface area contributed by atoms with Crippen LogP contribution in [-0.2, 0) is 4.79 Å². The smallest absolute Gasteiger partial charge is 0.312 e. The SMILES string of the molecule is CC1=C(C=CC(=O)NCCNC(N)=O)C(C)(C)CCC1. The number of nitrogens with two attached hydrogens (primary N) is 1. The van der Waals surface area contributed by atoms with E-state index in [4.69, 9.17) is 5.73 Å². The van der Waals surface area contributed by atoms with Crippen LogP contribution in [0.25, 0.3) is 0 Å². The van der Waals surface area contributed by atoms with E-state index < -0.39 is 6.03 Å². The van der Waals surface area contributed by atoms with Gasteiger partial charge in [0, 0.05) is 19.2 Å². The summed E-state index contributed by atoms with van der Waals surface area (Å²) in [5, 5.41) is 5.12. The molecule has 1 aliphatic rings. The van der Waals surface area contributed by atoms with E-state index in [2.05, 4.69) is 31.4 Å².